The van der Waals surface area contributed by atoms with Gasteiger partial charge in [-0.25, -0.2) is 0 Å². The number of halogens is 2. The highest BCUT2D eigenvalue weighted by Gasteiger charge is 2.16. The molecule has 1 heterocycles. The molecule has 2 rings (SSSR count). The van der Waals surface area contributed by atoms with Gasteiger partial charge in [-0.3, -0.25) is 0 Å². The van der Waals surface area contributed by atoms with Crippen molar-refractivity contribution in [2.75, 3.05) is 18.4 Å². The van der Waals surface area contributed by atoms with Crippen LogP contribution < -0.4 is 10.6 Å². The summed E-state index contributed by atoms with van der Waals surface area (Å²) in [5.74, 6) is 0. The summed E-state index contributed by atoms with van der Waals surface area (Å²) >= 11 is 9.43. The summed E-state index contributed by atoms with van der Waals surface area (Å²) in [7, 11) is 0. The molecular weight excluding hydrogens is 251 g/mol. The van der Waals surface area contributed by atoms with E-state index in [-0.39, 0.29) is 0 Å². The van der Waals surface area contributed by atoms with Crippen LogP contribution in [0.2, 0.25) is 5.02 Å². The van der Waals surface area contributed by atoms with E-state index in [0.29, 0.717) is 6.04 Å². The van der Waals surface area contributed by atoms with Gasteiger partial charge in [0.05, 0.1) is 16.8 Å². The third kappa shape index (κ3) is 2.16. The second-order valence-corrected chi connectivity index (χ2v) is 4.45. The van der Waals surface area contributed by atoms with Crippen molar-refractivity contribution in [3.63, 3.8) is 0 Å². The molecule has 0 radical (unpaired) electrons. The van der Waals surface area contributed by atoms with Crippen LogP contribution in [0.15, 0.2) is 22.7 Å². The maximum Gasteiger partial charge on any atom is 0.0638 e. The summed E-state index contributed by atoms with van der Waals surface area (Å²) in [5.41, 5.74) is 1.00. The summed E-state index contributed by atoms with van der Waals surface area (Å²) in [4.78, 5) is 0. The first-order valence-electron chi connectivity index (χ1n) is 4.18. The highest BCUT2D eigenvalue weighted by Crippen LogP contribution is 2.26. The SMILES string of the molecule is Clc1ccc(Br)cc1NC1CNC1. The smallest absolute Gasteiger partial charge is 0.0638 e. The van der Waals surface area contributed by atoms with E-state index < -0.39 is 0 Å². The van der Waals surface area contributed by atoms with Crippen LogP contribution in [0.1, 0.15) is 0 Å². The molecular formula is C9H10BrClN2. The van der Waals surface area contributed by atoms with Crippen molar-refractivity contribution in [2.24, 2.45) is 0 Å². The molecule has 0 bridgehead atoms. The molecule has 2 nitrogen and oxygen atoms in total. The molecule has 0 saturated carbocycles. The van der Waals surface area contributed by atoms with Crippen LogP contribution >= 0.6 is 27.5 Å². The Morgan fingerprint density at radius 2 is 2.23 bits per heavy atom. The standard InChI is InChI=1S/C9H10BrClN2/c10-6-1-2-8(11)9(3-6)13-7-4-12-5-7/h1-3,7,12-13H,4-5H2. The van der Waals surface area contributed by atoms with E-state index in [4.69, 9.17) is 11.6 Å². The summed E-state index contributed by atoms with van der Waals surface area (Å²) in [6.45, 7) is 2.03. The van der Waals surface area contributed by atoms with E-state index in [9.17, 15) is 0 Å². The molecule has 1 saturated heterocycles. The molecule has 0 unspecified atom stereocenters. The van der Waals surface area contributed by atoms with Crippen LogP contribution in [0.25, 0.3) is 0 Å². The van der Waals surface area contributed by atoms with Gasteiger partial charge in [-0.15, -0.1) is 0 Å². The Bertz CT molecular complexity index is 312. The average molecular weight is 262 g/mol. The number of benzene rings is 1. The average Bonchev–Trinajstić information content (AvgIpc) is 2.03. The van der Waals surface area contributed by atoms with Crippen LogP contribution in [0.5, 0.6) is 0 Å². The molecule has 70 valence electrons. The van der Waals surface area contributed by atoms with Gasteiger partial charge in [0, 0.05) is 17.6 Å². The van der Waals surface area contributed by atoms with Gasteiger partial charge in [-0.05, 0) is 18.2 Å². The fraction of sp³-hybridized carbons (Fsp3) is 0.333. The number of hydrogen-bond acceptors (Lipinski definition) is 2. The monoisotopic (exact) mass is 260 g/mol. The van der Waals surface area contributed by atoms with E-state index in [2.05, 4.69) is 26.6 Å². The minimum Gasteiger partial charge on any atom is -0.379 e. The Hall–Kier alpha value is -0.250. The van der Waals surface area contributed by atoms with Gasteiger partial charge in [-0.1, -0.05) is 27.5 Å². The first kappa shape index (κ1) is 9.31. The zero-order valence-corrected chi connectivity index (χ0v) is 9.32. The highest BCUT2D eigenvalue weighted by atomic mass is 79.9. The summed E-state index contributed by atoms with van der Waals surface area (Å²) in [6.07, 6.45) is 0. The lowest BCUT2D eigenvalue weighted by Gasteiger charge is -2.29. The number of nitrogens with one attached hydrogen (secondary N) is 2. The lowest BCUT2D eigenvalue weighted by Crippen LogP contribution is -2.51. The second kappa shape index (κ2) is 3.86. The molecule has 1 aromatic rings. The van der Waals surface area contributed by atoms with Gasteiger partial charge in [0.25, 0.3) is 0 Å². The van der Waals surface area contributed by atoms with E-state index in [1.165, 1.54) is 0 Å². The molecule has 0 aliphatic carbocycles. The minimum atomic E-state index is 0.520. The maximum atomic E-state index is 6.02. The fourth-order valence-electron chi connectivity index (χ4n) is 1.22. The largest absolute Gasteiger partial charge is 0.379 e. The molecule has 0 atom stereocenters. The van der Waals surface area contributed by atoms with E-state index >= 15 is 0 Å². The van der Waals surface area contributed by atoms with E-state index in [0.717, 1.165) is 28.3 Å². The molecule has 1 aliphatic rings. The second-order valence-electron chi connectivity index (χ2n) is 3.12. The van der Waals surface area contributed by atoms with Gasteiger partial charge >= 0.3 is 0 Å². The zero-order valence-electron chi connectivity index (χ0n) is 6.98. The number of hydrogen-bond donors (Lipinski definition) is 2. The van der Waals surface area contributed by atoms with Gasteiger partial charge in [-0.2, -0.15) is 0 Å². The van der Waals surface area contributed by atoms with E-state index in [1.54, 1.807) is 0 Å². The van der Waals surface area contributed by atoms with Gasteiger partial charge < -0.3 is 10.6 Å². The Kier molecular flexibility index (Phi) is 2.77. The molecule has 0 spiro atoms. The molecule has 0 amide bonds. The zero-order chi connectivity index (χ0) is 9.26. The van der Waals surface area contributed by atoms with Crippen molar-refractivity contribution in [2.45, 2.75) is 6.04 Å². The lowest BCUT2D eigenvalue weighted by molar-refractivity contribution is 0.472. The van der Waals surface area contributed by atoms with Crippen LogP contribution in [-0.4, -0.2) is 19.1 Å². The quantitative estimate of drug-likeness (QED) is 0.855. The topological polar surface area (TPSA) is 24.1 Å². The highest BCUT2D eigenvalue weighted by molar-refractivity contribution is 9.10. The first-order chi connectivity index (χ1) is 6.25. The van der Waals surface area contributed by atoms with Crippen molar-refractivity contribution in [3.8, 4) is 0 Å². The summed E-state index contributed by atoms with van der Waals surface area (Å²) < 4.78 is 1.05. The molecule has 0 aromatic heterocycles. The molecule has 4 heteroatoms. The van der Waals surface area contributed by atoms with Crippen molar-refractivity contribution < 1.29 is 0 Å². The Morgan fingerprint density at radius 1 is 1.46 bits per heavy atom. The van der Waals surface area contributed by atoms with Crippen molar-refractivity contribution in [1.29, 1.82) is 0 Å². The van der Waals surface area contributed by atoms with Gasteiger partial charge in [0.15, 0.2) is 0 Å². The predicted molar refractivity (Wildman–Crippen MR) is 59.4 cm³/mol. The Balaban J connectivity index is 2.13. The number of anilines is 1. The van der Waals surface area contributed by atoms with Crippen LogP contribution in [-0.2, 0) is 0 Å². The first-order valence-corrected chi connectivity index (χ1v) is 5.35. The molecule has 1 fully saturated rings. The normalized spacial score (nSPS) is 16.8. The Morgan fingerprint density at radius 3 is 2.85 bits per heavy atom. The van der Waals surface area contributed by atoms with Crippen molar-refractivity contribution in [1.82, 2.24) is 5.32 Å². The van der Waals surface area contributed by atoms with Crippen LogP contribution in [0, 0.1) is 0 Å². The predicted octanol–water partition coefficient (Wildman–Crippen LogP) is 2.49. The summed E-state index contributed by atoms with van der Waals surface area (Å²) in [5, 5.41) is 7.33. The number of rotatable bonds is 2. The van der Waals surface area contributed by atoms with E-state index in [1.807, 2.05) is 18.2 Å². The molecule has 1 aromatic carbocycles. The maximum absolute atomic E-state index is 6.02. The Labute approximate surface area is 90.8 Å². The fourth-order valence-corrected chi connectivity index (χ4v) is 1.75. The molecule has 13 heavy (non-hydrogen) atoms. The summed E-state index contributed by atoms with van der Waals surface area (Å²) in [6, 6.07) is 6.35. The van der Waals surface area contributed by atoms with Crippen molar-refractivity contribution in [3.05, 3.63) is 27.7 Å². The third-order valence-electron chi connectivity index (χ3n) is 2.07. The van der Waals surface area contributed by atoms with Gasteiger partial charge in [0.2, 0.25) is 0 Å². The minimum absolute atomic E-state index is 0.520. The van der Waals surface area contributed by atoms with Crippen LogP contribution in [0.3, 0.4) is 0 Å². The third-order valence-corrected chi connectivity index (χ3v) is 2.89. The molecule has 1 aliphatic heterocycles. The molecule has 2 N–H and O–H groups in total. The lowest BCUT2D eigenvalue weighted by atomic mass is 10.1. The van der Waals surface area contributed by atoms with Crippen molar-refractivity contribution >= 4 is 33.2 Å². The van der Waals surface area contributed by atoms with Gasteiger partial charge in [0.1, 0.15) is 0 Å². The van der Waals surface area contributed by atoms with Crippen LogP contribution in [0.4, 0.5) is 5.69 Å².